The van der Waals surface area contributed by atoms with Crippen molar-refractivity contribution < 1.29 is 19.4 Å². The zero-order chi connectivity index (χ0) is 25.5. The molecule has 1 unspecified atom stereocenters. The first-order valence-corrected chi connectivity index (χ1v) is 11.5. The van der Waals surface area contributed by atoms with Crippen LogP contribution in [0.25, 0.3) is 11.1 Å². The molecule has 0 spiro atoms. The molecule has 0 fully saturated rings. The van der Waals surface area contributed by atoms with Crippen LogP contribution in [0.3, 0.4) is 0 Å². The Morgan fingerprint density at radius 1 is 1.09 bits per heavy atom. The third-order valence-electron chi connectivity index (χ3n) is 5.91. The third-order valence-corrected chi connectivity index (χ3v) is 5.91. The normalized spacial score (nSPS) is 12.5. The Morgan fingerprint density at radius 3 is 2.29 bits per heavy atom. The van der Waals surface area contributed by atoms with E-state index in [0.29, 0.717) is 29.0 Å². The molecule has 0 aliphatic carbocycles. The van der Waals surface area contributed by atoms with Gasteiger partial charge in [0.15, 0.2) is 0 Å². The lowest BCUT2D eigenvalue weighted by atomic mass is 10.00. The molecule has 0 aliphatic rings. The zero-order valence-corrected chi connectivity index (χ0v) is 21.1. The molecule has 3 aromatic rings. The molecule has 0 bridgehead atoms. The number of nitrogens with zero attached hydrogens (tertiary/aromatic N) is 4. The number of carboxylic acids is 1. The van der Waals surface area contributed by atoms with Gasteiger partial charge in [0.25, 0.3) is 0 Å². The van der Waals surface area contributed by atoms with Crippen LogP contribution in [-0.4, -0.2) is 60.4 Å². The van der Waals surface area contributed by atoms with Gasteiger partial charge in [0.1, 0.15) is 23.4 Å². The van der Waals surface area contributed by atoms with Crippen LogP contribution in [0.15, 0.2) is 42.7 Å². The summed E-state index contributed by atoms with van der Waals surface area (Å²) < 4.78 is 11.0. The maximum Gasteiger partial charge on any atom is 0.326 e. The Bertz CT molecular complexity index is 1130. The van der Waals surface area contributed by atoms with Gasteiger partial charge in [-0.15, -0.1) is 0 Å². The molecule has 9 heteroatoms. The number of nitrogens with one attached hydrogen (secondary N) is 1. The average Bonchev–Trinajstić information content (AvgIpc) is 2.87. The number of aliphatic carboxylic acids is 1. The van der Waals surface area contributed by atoms with Crippen molar-refractivity contribution in [2.75, 3.05) is 38.5 Å². The van der Waals surface area contributed by atoms with Gasteiger partial charge in [0, 0.05) is 49.7 Å². The molecule has 9 nitrogen and oxygen atoms in total. The molecule has 35 heavy (non-hydrogen) atoms. The van der Waals surface area contributed by atoms with E-state index in [4.69, 9.17) is 9.47 Å². The second-order valence-electron chi connectivity index (χ2n) is 8.49. The monoisotopic (exact) mass is 479 g/mol. The maximum absolute atomic E-state index is 12.2. The average molecular weight is 480 g/mol. The molecule has 0 saturated heterocycles. The Morgan fingerprint density at radius 2 is 1.77 bits per heavy atom. The lowest BCUT2D eigenvalue weighted by Crippen LogP contribution is -2.33. The van der Waals surface area contributed by atoms with Gasteiger partial charge in [-0.25, -0.2) is 9.78 Å². The predicted octanol–water partition coefficient (Wildman–Crippen LogP) is 4.24. The molecular formula is C26H33N5O4. The van der Waals surface area contributed by atoms with Crippen molar-refractivity contribution in [3.05, 3.63) is 54.0 Å². The van der Waals surface area contributed by atoms with Crippen LogP contribution in [0.2, 0.25) is 0 Å². The smallest absolute Gasteiger partial charge is 0.326 e. The van der Waals surface area contributed by atoms with E-state index < -0.39 is 12.0 Å². The lowest BCUT2D eigenvalue weighted by Gasteiger charge is -2.21. The molecule has 0 aliphatic heterocycles. The van der Waals surface area contributed by atoms with Crippen LogP contribution in [0.5, 0.6) is 11.5 Å². The van der Waals surface area contributed by atoms with Gasteiger partial charge in [-0.05, 0) is 30.5 Å². The van der Waals surface area contributed by atoms with Crippen molar-refractivity contribution in [2.45, 2.75) is 38.6 Å². The molecule has 0 radical (unpaired) electrons. The number of pyridine rings is 1. The minimum atomic E-state index is -0.984. The van der Waals surface area contributed by atoms with Crippen molar-refractivity contribution in [1.29, 1.82) is 0 Å². The molecule has 2 aromatic heterocycles. The van der Waals surface area contributed by atoms with Crippen molar-refractivity contribution in [3.8, 4) is 22.6 Å². The Kier molecular flexibility index (Phi) is 8.46. The number of hydrogen-bond donors (Lipinski definition) is 2. The van der Waals surface area contributed by atoms with E-state index in [1.165, 1.54) is 0 Å². The zero-order valence-electron chi connectivity index (χ0n) is 21.1. The van der Waals surface area contributed by atoms with E-state index in [1.807, 2.05) is 44.4 Å². The quantitative estimate of drug-likeness (QED) is 0.417. The predicted molar refractivity (Wildman–Crippen MR) is 137 cm³/mol. The fourth-order valence-electron chi connectivity index (χ4n) is 3.70. The van der Waals surface area contributed by atoms with Crippen LogP contribution in [0, 0.1) is 0 Å². The fourth-order valence-corrected chi connectivity index (χ4v) is 3.70. The Labute approximate surface area is 206 Å². The minimum Gasteiger partial charge on any atom is -0.496 e. The number of anilines is 2. The summed E-state index contributed by atoms with van der Waals surface area (Å²) in [6, 6.07) is 8.36. The lowest BCUT2D eigenvalue weighted by molar-refractivity contribution is -0.137. The summed E-state index contributed by atoms with van der Waals surface area (Å²) in [5.41, 5.74) is 3.12. The van der Waals surface area contributed by atoms with E-state index in [9.17, 15) is 9.90 Å². The van der Waals surface area contributed by atoms with E-state index in [2.05, 4.69) is 34.1 Å². The Balaban J connectivity index is 1.88. The number of rotatable bonds is 11. The summed E-state index contributed by atoms with van der Waals surface area (Å²) in [5, 5.41) is 13.1. The SMILES string of the molecule is CCC(C)c1cnc(N(C)C)nc1N[C@@H](Cc1ccc(-c2c(OC)cccc2OC)cn1)C(=O)O. The number of benzene rings is 1. The summed E-state index contributed by atoms with van der Waals surface area (Å²) in [6.45, 7) is 4.15. The third kappa shape index (κ3) is 5.98. The van der Waals surface area contributed by atoms with E-state index in [0.717, 1.165) is 23.1 Å². The first-order chi connectivity index (χ1) is 16.8. The topological polar surface area (TPSA) is 110 Å². The molecule has 2 atom stereocenters. The van der Waals surface area contributed by atoms with E-state index in [1.54, 1.807) is 31.5 Å². The van der Waals surface area contributed by atoms with Crippen LogP contribution in [-0.2, 0) is 11.2 Å². The van der Waals surface area contributed by atoms with Gasteiger partial charge in [0.2, 0.25) is 5.95 Å². The molecule has 2 heterocycles. The van der Waals surface area contributed by atoms with E-state index in [-0.39, 0.29) is 12.3 Å². The van der Waals surface area contributed by atoms with E-state index >= 15 is 0 Å². The number of hydrogen-bond acceptors (Lipinski definition) is 8. The second kappa shape index (κ2) is 11.5. The van der Waals surface area contributed by atoms with Crippen LogP contribution < -0.4 is 19.7 Å². The molecule has 0 saturated carbocycles. The summed E-state index contributed by atoms with van der Waals surface area (Å²) in [4.78, 5) is 27.5. The van der Waals surface area contributed by atoms with Gasteiger partial charge in [-0.3, -0.25) is 4.98 Å². The summed E-state index contributed by atoms with van der Waals surface area (Å²) in [6.07, 6.45) is 4.53. The van der Waals surface area contributed by atoms with Crippen LogP contribution >= 0.6 is 0 Å². The molecule has 1 aromatic carbocycles. The maximum atomic E-state index is 12.2. The van der Waals surface area contributed by atoms with Gasteiger partial charge in [0.05, 0.1) is 19.8 Å². The van der Waals surface area contributed by atoms with Crippen LogP contribution in [0.4, 0.5) is 11.8 Å². The van der Waals surface area contributed by atoms with Gasteiger partial charge < -0.3 is 24.8 Å². The number of aromatic nitrogens is 3. The van der Waals surface area contributed by atoms with Gasteiger partial charge in [-0.1, -0.05) is 26.0 Å². The highest BCUT2D eigenvalue weighted by Crippen LogP contribution is 2.38. The highest BCUT2D eigenvalue weighted by atomic mass is 16.5. The molecule has 0 amide bonds. The standard InChI is InChI=1S/C26H33N5O4/c1-7-16(2)19-15-28-26(31(3)4)30-24(19)29-20(25(32)33)13-18-12-11-17(14-27-18)23-21(34-5)9-8-10-22(23)35-6/h8-12,14-16,20H,7,13H2,1-6H3,(H,32,33)(H,28,29,30)/t16?,20-/m0/s1. The van der Waals surface area contributed by atoms with Crippen LogP contribution in [0.1, 0.15) is 37.4 Å². The summed E-state index contributed by atoms with van der Waals surface area (Å²) in [5.74, 6) is 1.57. The van der Waals surface area contributed by atoms with Gasteiger partial charge in [-0.2, -0.15) is 4.98 Å². The number of ether oxygens (including phenoxy) is 2. The fraction of sp³-hybridized carbons (Fsp3) is 0.385. The number of carbonyl (C=O) groups is 1. The van der Waals surface area contributed by atoms with Gasteiger partial charge >= 0.3 is 5.97 Å². The largest absolute Gasteiger partial charge is 0.496 e. The highest BCUT2D eigenvalue weighted by molar-refractivity contribution is 5.78. The first-order valence-electron chi connectivity index (χ1n) is 11.5. The molecule has 3 rings (SSSR count). The molecule has 2 N–H and O–H groups in total. The summed E-state index contributed by atoms with van der Waals surface area (Å²) >= 11 is 0. The van der Waals surface area contributed by atoms with Crippen molar-refractivity contribution in [2.24, 2.45) is 0 Å². The molecule has 186 valence electrons. The summed E-state index contributed by atoms with van der Waals surface area (Å²) in [7, 11) is 6.90. The Hall–Kier alpha value is -3.88. The highest BCUT2D eigenvalue weighted by Gasteiger charge is 2.23. The van der Waals surface area contributed by atoms with Crippen molar-refractivity contribution in [1.82, 2.24) is 15.0 Å². The molecular weight excluding hydrogens is 446 g/mol. The number of carboxylic acid groups (broad SMARTS) is 1. The van der Waals surface area contributed by atoms with Crippen molar-refractivity contribution in [3.63, 3.8) is 0 Å². The second-order valence-corrected chi connectivity index (χ2v) is 8.49. The first kappa shape index (κ1) is 25.7. The van der Waals surface area contributed by atoms with Crippen molar-refractivity contribution >= 4 is 17.7 Å². The minimum absolute atomic E-state index is 0.177. The number of methoxy groups -OCH3 is 2.